The van der Waals surface area contributed by atoms with Crippen molar-refractivity contribution in [3.8, 4) is 0 Å². The zero-order chi connectivity index (χ0) is 26.6. The van der Waals surface area contributed by atoms with Crippen LogP contribution in [0.25, 0.3) is 11.0 Å². The molecule has 3 aromatic rings. The van der Waals surface area contributed by atoms with Gasteiger partial charge in [-0.25, -0.2) is 9.97 Å². The number of aromatic nitrogens is 3. The number of aliphatic hydroxyl groups excluding tert-OH is 1. The van der Waals surface area contributed by atoms with E-state index in [-0.39, 0.29) is 18.9 Å². The van der Waals surface area contributed by atoms with Crippen LogP contribution >= 0.6 is 11.6 Å². The average molecular weight is 528 g/mol. The van der Waals surface area contributed by atoms with Crippen LogP contribution in [0.5, 0.6) is 0 Å². The number of amides is 1. The van der Waals surface area contributed by atoms with Crippen LogP contribution in [0.15, 0.2) is 42.9 Å². The monoisotopic (exact) mass is 527 g/mol. The number of hydrogen-bond acceptors (Lipinski definition) is 7. The number of nitrogens with one attached hydrogen (secondary N) is 2. The number of aromatic amines is 1. The Hall–Kier alpha value is -3.17. The summed E-state index contributed by atoms with van der Waals surface area (Å²) < 4.78 is 5.61. The largest absolute Gasteiger partial charge is 0.460 e. The van der Waals surface area contributed by atoms with Crippen molar-refractivity contribution in [3.63, 3.8) is 0 Å². The molecule has 3 N–H and O–H groups in total. The van der Waals surface area contributed by atoms with Gasteiger partial charge in [0.1, 0.15) is 23.4 Å². The first-order chi connectivity index (χ1) is 17.6. The summed E-state index contributed by atoms with van der Waals surface area (Å²) >= 11 is 6.04. The van der Waals surface area contributed by atoms with E-state index in [4.69, 9.17) is 16.3 Å². The Labute approximate surface area is 221 Å². The van der Waals surface area contributed by atoms with Crippen LogP contribution < -0.4 is 10.2 Å². The second-order valence-electron chi connectivity index (χ2n) is 10.6. The van der Waals surface area contributed by atoms with Gasteiger partial charge >= 0.3 is 5.97 Å². The van der Waals surface area contributed by atoms with Gasteiger partial charge in [-0.1, -0.05) is 23.7 Å². The molecule has 1 aliphatic rings. The quantitative estimate of drug-likeness (QED) is 0.376. The number of aliphatic hydroxyl groups is 1. The molecule has 37 heavy (non-hydrogen) atoms. The summed E-state index contributed by atoms with van der Waals surface area (Å²) in [6.45, 7) is 6.43. The molecule has 198 valence electrons. The van der Waals surface area contributed by atoms with Crippen LogP contribution in [0.3, 0.4) is 0 Å². The highest BCUT2D eigenvalue weighted by molar-refractivity contribution is 6.30. The summed E-state index contributed by atoms with van der Waals surface area (Å²) in [5.74, 6) is 0.175. The van der Waals surface area contributed by atoms with Gasteiger partial charge in [0.25, 0.3) is 0 Å². The van der Waals surface area contributed by atoms with Crippen LogP contribution in [0, 0.1) is 5.41 Å². The highest BCUT2D eigenvalue weighted by atomic mass is 35.5. The fraction of sp³-hybridized carbons (Fsp3) is 0.481. The van der Waals surface area contributed by atoms with Crippen molar-refractivity contribution in [2.75, 3.05) is 24.6 Å². The normalized spacial score (nSPS) is 16.4. The van der Waals surface area contributed by atoms with Gasteiger partial charge in [-0.3, -0.25) is 9.59 Å². The zero-order valence-corrected chi connectivity index (χ0v) is 22.2. The molecule has 1 amide bonds. The van der Waals surface area contributed by atoms with Crippen LogP contribution in [-0.4, -0.2) is 57.2 Å². The Morgan fingerprint density at radius 1 is 1.19 bits per heavy atom. The number of H-pyrrole nitrogens is 1. The number of carbonyl (C=O) groups is 2. The molecular weight excluding hydrogens is 494 g/mol. The van der Waals surface area contributed by atoms with Gasteiger partial charge in [-0.15, -0.1) is 0 Å². The van der Waals surface area contributed by atoms with Crippen molar-refractivity contribution in [1.29, 1.82) is 0 Å². The lowest BCUT2D eigenvalue weighted by Gasteiger charge is -2.41. The number of rotatable bonds is 8. The van der Waals surface area contributed by atoms with Crippen molar-refractivity contribution >= 4 is 40.3 Å². The van der Waals surface area contributed by atoms with E-state index in [9.17, 15) is 14.7 Å². The summed E-state index contributed by atoms with van der Waals surface area (Å²) in [7, 11) is 0. The molecule has 1 atom stereocenters. The number of carbonyl (C=O) groups excluding carboxylic acids is 2. The van der Waals surface area contributed by atoms with Crippen molar-refractivity contribution in [2.24, 2.45) is 5.41 Å². The third-order valence-electron chi connectivity index (χ3n) is 6.73. The summed E-state index contributed by atoms with van der Waals surface area (Å²) in [5.41, 5.74) is -0.0157. The van der Waals surface area contributed by atoms with Crippen LogP contribution in [0.1, 0.15) is 58.1 Å². The van der Waals surface area contributed by atoms with Gasteiger partial charge in [-0.05, 0) is 63.8 Å². The second kappa shape index (κ2) is 11.1. The first-order valence-electron chi connectivity index (χ1n) is 12.5. The number of nitrogens with zero attached hydrogens (tertiary/aromatic N) is 3. The molecule has 3 heterocycles. The molecule has 10 heteroatoms. The minimum atomic E-state index is -0.955. The Balaban J connectivity index is 1.57. The number of benzene rings is 1. The van der Waals surface area contributed by atoms with Crippen LogP contribution in [-0.2, 0) is 14.3 Å². The van der Waals surface area contributed by atoms with Crippen molar-refractivity contribution in [3.05, 3.63) is 53.4 Å². The lowest BCUT2D eigenvalue weighted by Crippen LogP contribution is -2.51. The molecular formula is C27H34ClN5O4. The summed E-state index contributed by atoms with van der Waals surface area (Å²) in [5, 5.41) is 14.3. The Kier molecular flexibility index (Phi) is 8.04. The SMILES string of the molecule is CC(C)(C)OC(=O)CC1(C(=O)N[C@@H](CCO)c2ccc(Cl)cc2)CCN(c2ncnc3[nH]ccc23)CC1. The van der Waals surface area contributed by atoms with Crippen molar-refractivity contribution in [2.45, 2.75) is 58.1 Å². The molecule has 0 aliphatic carbocycles. The van der Waals surface area contributed by atoms with E-state index in [1.54, 1.807) is 12.1 Å². The first kappa shape index (κ1) is 26.9. The van der Waals surface area contributed by atoms with E-state index in [1.807, 2.05) is 45.2 Å². The maximum atomic E-state index is 13.9. The molecule has 1 aromatic carbocycles. The topological polar surface area (TPSA) is 120 Å². The molecule has 1 fully saturated rings. The molecule has 0 unspecified atom stereocenters. The highest BCUT2D eigenvalue weighted by Gasteiger charge is 2.45. The molecule has 9 nitrogen and oxygen atoms in total. The van der Waals surface area contributed by atoms with E-state index in [2.05, 4.69) is 25.2 Å². The average Bonchev–Trinajstić information content (AvgIpc) is 3.33. The predicted octanol–water partition coefficient (Wildman–Crippen LogP) is 4.17. The number of esters is 1. The number of fused-ring (bicyclic) bond motifs is 1. The summed E-state index contributed by atoms with van der Waals surface area (Å²) in [6, 6.07) is 8.71. The van der Waals surface area contributed by atoms with Gasteiger partial charge in [0.15, 0.2) is 0 Å². The molecule has 4 rings (SSSR count). The van der Waals surface area contributed by atoms with E-state index in [1.165, 1.54) is 6.33 Å². The standard InChI is InChI=1S/C27H34ClN5O4/c1-26(2,3)37-22(35)16-27(25(36)32-21(9-15-34)18-4-6-19(28)7-5-18)10-13-33(14-11-27)24-20-8-12-29-23(20)30-17-31-24/h4-8,12,17,21,34H,9-11,13-16H2,1-3H3,(H,32,36)(H,29,30,31)/t21-/m0/s1. The first-order valence-corrected chi connectivity index (χ1v) is 12.9. The summed E-state index contributed by atoms with van der Waals surface area (Å²) in [4.78, 5) is 40.8. The lowest BCUT2D eigenvalue weighted by molar-refractivity contribution is -0.161. The summed E-state index contributed by atoms with van der Waals surface area (Å²) in [6.07, 6.45) is 4.55. The van der Waals surface area contributed by atoms with Gasteiger partial charge in [0.2, 0.25) is 5.91 Å². The minimum Gasteiger partial charge on any atom is -0.460 e. The maximum absolute atomic E-state index is 13.9. The number of halogens is 1. The Morgan fingerprint density at radius 2 is 1.89 bits per heavy atom. The van der Waals surface area contributed by atoms with E-state index >= 15 is 0 Å². The van der Waals surface area contributed by atoms with Gasteiger partial charge in [-0.2, -0.15) is 0 Å². The zero-order valence-electron chi connectivity index (χ0n) is 21.5. The van der Waals surface area contributed by atoms with Crippen molar-refractivity contribution < 1.29 is 19.4 Å². The smallest absolute Gasteiger partial charge is 0.307 e. The molecule has 1 saturated heterocycles. The molecule has 2 aromatic heterocycles. The fourth-order valence-corrected chi connectivity index (χ4v) is 4.98. The van der Waals surface area contributed by atoms with Gasteiger partial charge < -0.3 is 25.0 Å². The van der Waals surface area contributed by atoms with Gasteiger partial charge in [0, 0.05) is 30.9 Å². The maximum Gasteiger partial charge on any atom is 0.307 e. The number of piperidine rings is 1. The van der Waals surface area contributed by atoms with Crippen LogP contribution in [0.4, 0.5) is 5.82 Å². The number of anilines is 1. The minimum absolute atomic E-state index is 0.0280. The third-order valence-corrected chi connectivity index (χ3v) is 6.98. The molecule has 0 radical (unpaired) electrons. The van der Waals surface area contributed by atoms with E-state index in [0.717, 1.165) is 22.4 Å². The fourth-order valence-electron chi connectivity index (χ4n) is 4.85. The Bertz CT molecular complexity index is 1230. The van der Waals surface area contributed by atoms with Crippen LogP contribution in [0.2, 0.25) is 5.02 Å². The van der Waals surface area contributed by atoms with Crippen molar-refractivity contribution in [1.82, 2.24) is 20.3 Å². The second-order valence-corrected chi connectivity index (χ2v) is 11.0. The van der Waals surface area contributed by atoms with E-state index < -0.39 is 23.0 Å². The molecule has 1 aliphatic heterocycles. The lowest BCUT2D eigenvalue weighted by atomic mass is 9.74. The molecule has 0 saturated carbocycles. The van der Waals surface area contributed by atoms with Gasteiger partial charge in [0.05, 0.1) is 23.3 Å². The molecule has 0 bridgehead atoms. The van der Waals surface area contributed by atoms with E-state index in [0.29, 0.717) is 37.4 Å². The molecule has 0 spiro atoms. The third kappa shape index (κ3) is 6.40. The highest BCUT2D eigenvalue weighted by Crippen LogP contribution is 2.39. The predicted molar refractivity (Wildman–Crippen MR) is 142 cm³/mol. The Morgan fingerprint density at radius 3 is 2.54 bits per heavy atom. The number of hydrogen-bond donors (Lipinski definition) is 3. The number of ether oxygens (including phenoxy) is 1.